The fourth-order valence-corrected chi connectivity index (χ4v) is 3.49. The van der Waals surface area contributed by atoms with E-state index in [2.05, 4.69) is 19.9 Å². The number of nitrogens with one attached hydrogen (secondary N) is 2. The number of benzene rings is 2. The second kappa shape index (κ2) is 6.60. The Balaban J connectivity index is 1.48. The number of fused-ring (bicyclic) bond motifs is 2. The second-order valence-electron chi connectivity index (χ2n) is 5.55. The molecule has 7 heteroatoms. The number of imidazole rings is 1. The van der Waals surface area contributed by atoms with Gasteiger partial charge >= 0.3 is 0 Å². The minimum absolute atomic E-state index is 0.0959. The molecule has 6 nitrogen and oxygen atoms in total. The number of hydrogen-bond donors (Lipinski definition) is 2. The third-order valence-corrected chi connectivity index (χ3v) is 4.78. The quantitative estimate of drug-likeness (QED) is 0.539. The van der Waals surface area contributed by atoms with E-state index >= 15 is 0 Å². The number of ether oxygens (including phenoxy) is 1. The summed E-state index contributed by atoms with van der Waals surface area (Å²) in [6.07, 6.45) is 0.658. The summed E-state index contributed by atoms with van der Waals surface area (Å²) in [5.41, 5.74) is 2.48. The molecular weight excluding hydrogens is 336 g/mol. The van der Waals surface area contributed by atoms with Gasteiger partial charge in [-0.05, 0) is 24.3 Å². The molecule has 0 saturated carbocycles. The fourth-order valence-electron chi connectivity index (χ4n) is 2.66. The molecule has 126 valence electrons. The van der Waals surface area contributed by atoms with Gasteiger partial charge in [0, 0.05) is 18.2 Å². The van der Waals surface area contributed by atoms with Gasteiger partial charge in [0.25, 0.3) is 5.56 Å². The molecule has 0 saturated heterocycles. The average molecular weight is 352 g/mol. The van der Waals surface area contributed by atoms with E-state index in [4.69, 9.17) is 4.74 Å². The molecule has 2 heterocycles. The summed E-state index contributed by atoms with van der Waals surface area (Å²) < 4.78 is 5.22. The average Bonchev–Trinajstić information content (AvgIpc) is 3.03. The van der Waals surface area contributed by atoms with E-state index in [-0.39, 0.29) is 5.56 Å². The first-order valence-electron chi connectivity index (χ1n) is 7.87. The van der Waals surface area contributed by atoms with Crippen LogP contribution in [0, 0.1) is 0 Å². The first-order valence-corrected chi connectivity index (χ1v) is 8.86. The van der Waals surface area contributed by atoms with Crippen molar-refractivity contribution in [2.75, 3.05) is 12.9 Å². The van der Waals surface area contributed by atoms with Crippen LogP contribution in [0.4, 0.5) is 0 Å². The Morgan fingerprint density at radius 3 is 2.84 bits per heavy atom. The predicted molar refractivity (Wildman–Crippen MR) is 99.4 cm³/mol. The maximum atomic E-state index is 12.1. The van der Waals surface area contributed by atoms with Gasteiger partial charge < -0.3 is 14.7 Å². The number of thioether (sulfide) groups is 1. The largest absolute Gasteiger partial charge is 0.497 e. The van der Waals surface area contributed by atoms with Crippen LogP contribution in [0.1, 0.15) is 5.82 Å². The molecule has 2 N–H and O–H groups in total. The Morgan fingerprint density at radius 1 is 1.08 bits per heavy atom. The first kappa shape index (κ1) is 15.7. The molecule has 0 fully saturated rings. The highest BCUT2D eigenvalue weighted by Crippen LogP contribution is 2.23. The summed E-state index contributed by atoms with van der Waals surface area (Å²) in [7, 11) is 1.64. The molecule has 0 radical (unpaired) electrons. The summed E-state index contributed by atoms with van der Waals surface area (Å²) in [4.78, 5) is 27.3. The molecule has 2 aromatic heterocycles. The van der Waals surface area contributed by atoms with E-state index in [1.807, 2.05) is 36.4 Å². The molecule has 0 aliphatic rings. The SMILES string of the molecule is COc1ccc2nc(SCCc3nc4ccccc4c(=O)[nH]3)[nH]c2c1. The lowest BCUT2D eigenvalue weighted by molar-refractivity contribution is 0.415. The fraction of sp³-hybridized carbons (Fsp3) is 0.167. The standard InChI is InChI=1S/C18H16N4O2S/c1-24-11-6-7-14-15(10-11)21-18(20-14)25-9-8-16-19-13-5-3-2-4-12(13)17(23)22-16/h2-7,10H,8-9H2,1H3,(H,20,21)(H,19,22,23). The molecule has 0 spiro atoms. The van der Waals surface area contributed by atoms with Crippen molar-refractivity contribution in [3.05, 3.63) is 58.6 Å². The van der Waals surface area contributed by atoms with Crippen LogP contribution in [0.3, 0.4) is 0 Å². The van der Waals surface area contributed by atoms with E-state index in [0.29, 0.717) is 17.6 Å². The lowest BCUT2D eigenvalue weighted by Crippen LogP contribution is -2.12. The molecule has 4 rings (SSSR count). The number of H-pyrrole nitrogens is 2. The van der Waals surface area contributed by atoms with Crippen LogP contribution in [0.5, 0.6) is 5.75 Å². The van der Waals surface area contributed by atoms with Crippen LogP contribution in [0.15, 0.2) is 52.4 Å². The summed E-state index contributed by atoms with van der Waals surface area (Å²) in [6.45, 7) is 0. The van der Waals surface area contributed by atoms with E-state index in [1.165, 1.54) is 0 Å². The van der Waals surface area contributed by atoms with Crippen molar-refractivity contribution in [1.82, 2.24) is 19.9 Å². The number of aromatic amines is 2. The molecule has 25 heavy (non-hydrogen) atoms. The number of nitrogens with zero attached hydrogens (tertiary/aromatic N) is 2. The van der Waals surface area contributed by atoms with E-state index < -0.39 is 0 Å². The Morgan fingerprint density at radius 2 is 1.96 bits per heavy atom. The number of aryl methyl sites for hydroxylation is 1. The van der Waals surface area contributed by atoms with Crippen molar-refractivity contribution in [2.24, 2.45) is 0 Å². The number of methoxy groups -OCH3 is 1. The topological polar surface area (TPSA) is 83.7 Å². The van der Waals surface area contributed by atoms with Crippen LogP contribution in [-0.2, 0) is 6.42 Å². The zero-order valence-corrected chi connectivity index (χ0v) is 14.4. The summed E-state index contributed by atoms with van der Waals surface area (Å²) >= 11 is 1.60. The molecule has 0 aliphatic heterocycles. The molecule has 0 unspecified atom stereocenters. The molecule has 0 atom stereocenters. The molecule has 2 aromatic carbocycles. The Labute approximate surface area is 147 Å². The van der Waals surface area contributed by atoms with Gasteiger partial charge in [-0.1, -0.05) is 23.9 Å². The van der Waals surface area contributed by atoms with Crippen LogP contribution in [0.25, 0.3) is 21.9 Å². The van der Waals surface area contributed by atoms with Crippen LogP contribution < -0.4 is 10.3 Å². The van der Waals surface area contributed by atoms with Crippen molar-refractivity contribution in [3.63, 3.8) is 0 Å². The maximum absolute atomic E-state index is 12.1. The molecular formula is C18H16N4O2S. The minimum atomic E-state index is -0.0959. The monoisotopic (exact) mass is 352 g/mol. The highest BCUT2D eigenvalue weighted by molar-refractivity contribution is 7.99. The lowest BCUT2D eigenvalue weighted by Gasteiger charge is -2.02. The van der Waals surface area contributed by atoms with Gasteiger partial charge in [-0.3, -0.25) is 4.79 Å². The lowest BCUT2D eigenvalue weighted by atomic mass is 10.2. The third kappa shape index (κ3) is 3.23. The number of hydrogen-bond acceptors (Lipinski definition) is 5. The van der Waals surface area contributed by atoms with Gasteiger partial charge in [-0.25, -0.2) is 9.97 Å². The molecule has 0 aliphatic carbocycles. The second-order valence-corrected chi connectivity index (χ2v) is 6.64. The summed E-state index contributed by atoms with van der Waals surface area (Å²) in [5, 5.41) is 1.46. The Bertz CT molecular complexity index is 1100. The Kier molecular flexibility index (Phi) is 4.15. The molecule has 4 aromatic rings. The Hall–Kier alpha value is -2.80. The minimum Gasteiger partial charge on any atom is -0.497 e. The molecule has 0 bridgehead atoms. The van der Waals surface area contributed by atoms with Gasteiger partial charge in [0.1, 0.15) is 11.6 Å². The van der Waals surface area contributed by atoms with E-state index in [0.717, 1.165) is 33.2 Å². The number of para-hydroxylation sites is 1. The first-order chi connectivity index (χ1) is 12.2. The van der Waals surface area contributed by atoms with Crippen LogP contribution in [0.2, 0.25) is 0 Å². The summed E-state index contributed by atoms with van der Waals surface area (Å²) in [6, 6.07) is 13.1. The number of rotatable bonds is 5. The van der Waals surface area contributed by atoms with Crippen LogP contribution in [-0.4, -0.2) is 32.8 Å². The maximum Gasteiger partial charge on any atom is 0.258 e. The smallest absolute Gasteiger partial charge is 0.258 e. The van der Waals surface area contributed by atoms with Gasteiger partial charge in [0.2, 0.25) is 0 Å². The summed E-state index contributed by atoms with van der Waals surface area (Å²) in [5.74, 6) is 2.25. The van der Waals surface area contributed by atoms with Gasteiger partial charge in [-0.15, -0.1) is 0 Å². The highest BCUT2D eigenvalue weighted by Gasteiger charge is 2.07. The van der Waals surface area contributed by atoms with Crippen molar-refractivity contribution < 1.29 is 4.74 Å². The zero-order valence-electron chi connectivity index (χ0n) is 13.6. The van der Waals surface area contributed by atoms with E-state index in [1.54, 1.807) is 24.9 Å². The van der Waals surface area contributed by atoms with Crippen molar-refractivity contribution >= 4 is 33.7 Å². The van der Waals surface area contributed by atoms with Crippen molar-refractivity contribution in [3.8, 4) is 5.75 Å². The molecule has 0 amide bonds. The normalized spacial score (nSPS) is 11.2. The van der Waals surface area contributed by atoms with Gasteiger partial charge in [0.05, 0.1) is 29.0 Å². The van der Waals surface area contributed by atoms with Crippen LogP contribution >= 0.6 is 11.8 Å². The van der Waals surface area contributed by atoms with E-state index in [9.17, 15) is 4.79 Å². The van der Waals surface area contributed by atoms with Gasteiger partial charge in [0.15, 0.2) is 5.16 Å². The third-order valence-electron chi connectivity index (χ3n) is 3.91. The number of aromatic nitrogens is 4. The van der Waals surface area contributed by atoms with Crippen molar-refractivity contribution in [2.45, 2.75) is 11.6 Å². The highest BCUT2D eigenvalue weighted by atomic mass is 32.2. The zero-order chi connectivity index (χ0) is 17.2. The van der Waals surface area contributed by atoms with Crippen molar-refractivity contribution in [1.29, 1.82) is 0 Å². The van der Waals surface area contributed by atoms with Gasteiger partial charge in [-0.2, -0.15) is 0 Å². The predicted octanol–water partition coefficient (Wildman–Crippen LogP) is 3.14.